The van der Waals surface area contributed by atoms with Crippen molar-refractivity contribution in [2.45, 2.75) is 13.8 Å². The molecule has 0 radical (unpaired) electrons. The average molecular weight is 365 g/mol. The second-order valence-corrected chi connectivity index (χ2v) is 8.25. The Kier molecular flexibility index (Phi) is 5.74. The molecule has 0 bridgehead atoms. The molecule has 1 heterocycles. The topological polar surface area (TPSA) is 78.8 Å². The zero-order valence-corrected chi connectivity index (χ0v) is 15.3. The van der Waals surface area contributed by atoms with Crippen LogP contribution in [0.15, 0.2) is 40.8 Å². The van der Waals surface area contributed by atoms with E-state index in [2.05, 4.69) is 10.5 Å². The number of amides is 1. The predicted octanol–water partition coefficient (Wildman–Crippen LogP) is 2.28. The second-order valence-electron chi connectivity index (χ2n) is 5.37. The van der Waals surface area contributed by atoms with Gasteiger partial charge in [0, 0.05) is 4.88 Å². The zero-order chi connectivity index (χ0) is 17.7. The van der Waals surface area contributed by atoms with Gasteiger partial charge in [0.25, 0.3) is 5.91 Å². The zero-order valence-electron chi connectivity index (χ0n) is 13.7. The van der Waals surface area contributed by atoms with E-state index in [9.17, 15) is 13.2 Å². The lowest BCUT2D eigenvalue weighted by atomic mass is 10.1. The largest absolute Gasteiger partial charge is 0.271 e. The lowest BCUT2D eigenvalue weighted by molar-refractivity contribution is -0.119. The number of rotatable bonds is 6. The van der Waals surface area contributed by atoms with E-state index >= 15 is 0 Å². The smallest absolute Gasteiger partial charge is 0.260 e. The Morgan fingerprint density at radius 3 is 2.71 bits per heavy atom. The number of hydrogen-bond donors (Lipinski definition) is 1. The molecule has 6 nitrogen and oxygen atoms in total. The van der Waals surface area contributed by atoms with Crippen LogP contribution < -0.4 is 9.73 Å². The number of carbonyl (C=O) groups is 1. The molecule has 8 heteroatoms. The van der Waals surface area contributed by atoms with Crippen LogP contribution in [0.4, 0.5) is 5.69 Å². The standard InChI is InChI=1S/C16H19N3O3S2/c1-12-6-7-13(2)15(9-12)19(24(3,21)22)11-16(20)18-17-10-14-5-4-8-23-14/h4-10H,11H2,1-3H3,(H,18,20)/b17-10-. The molecule has 0 aliphatic heterocycles. The summed E-state index contributed by atoms with van der Waals surface area (Å²) >= 11 is 1.49. The van der Waals surface area contributed by atoms with Gasteiger partial charge in [-0.1, -0.05) is 18.2 Å². The molecule has 24 heavy (non-hydrogen) atoms. The van der Waals surface area contributed by atoms with Gasteiger partial charge >= 0.3 is 0 Å². The maximum atomic E-state index is 12.1. The summed E-state index contributed by atoms with van der Waals surface area (Å²) in [6.07, 6.45) is 2.60. The number of hydrogen-bond acceptors (Lipinski definition) is 5. The SMILES string of the molecule is Cc1ccc(C)c(N(CC(=O)N/N=C\c2cccs2)S(C)(=O)=O)c1. The van der Waals surface area contributed by atoms with Crippen molar-refractivity contribution in [1.82, 2.24) is 5.43 Å². The number of nitrogens with zero attached hydrogens (tertiary/aromatic N) is 2. The fraction of sp³-hybridized carbons (Fsp3) is 0.250. The first-order chi connectivity index (χ1) is 11.3. The van der Waals surface area contributed by atoms with Crippen molar-refractivity contribution in [3.8, 4) is 0 Å². The highest BCUT2D eigenvalue weighted by molar-refractivity contribution is 7.92. The molecular weight excluding hydrogens is 346 g/mol. The number of thiophene rings is 1. The van der Waals surface area contributed by atoms with Crippen LogP contribution in [-0.2, 0) is 14.8 Å². The Hall–Kier alpha value is -2.19. The fourth-order valence-corrected chi connectivity index (χ4v) is 3.56. The molecule has 128 valence electrons. The van der Waals surface area contributed by atoms with Crippen LogP contribution in [0.2, 0.25) is 0 Å². The van der Waals surface area contributed by atoms with Crippen molar-refractivity contribution in [2.75, 3.05) is 17.1 Å². The Bertz CT molecular complexity index is 843. The third-order valence-corrected chi connectivity index (χ3v) is 5.18. The summed E-state index contributed by atoms with van der Waals surface area (Å²) in [6.45, 7) is 3.35. The summed E-state index contributed by atoms with van der Waals surface area (Å²) in [5.41, 5.74) is 4.55. The van der Waals surface area contributed by atoms with Gasteiger partial charge in [0.15, 0.2) is 0 Å². The third kappa shape index (κ3) is 4.90. The average Bonchev–Trinajstić information content (AvgIpc) is 3.00. The van der Waals surface area contributed by atoms with Gasteiger partial charge in [-0.25, -0.2) is 13.8 Å². The van der Waals surface area contributed by atoms with Crippen LogP contribution in [0.3, 0.4) is 0 Å². The van der Waals surface area contributed by atoms with Crippen molar-refractivity contribution in [3.63, 3.8) is 0 Å². The van der Waals surface area contributed by atoms with Crippen LogP contribution in [0.5, 0.6) is 0 Å². The lowest BCUT2D eigenvalue weighted by Crippen LogP contribution is -2.39. The maximum absolute atomic E-state index is 12.1. The molecule has 2 aromatic rings. The molecule has 0 unspecified atom stereocenters. The third-order valence-electron chi connectivity index (χ3n) is 3.25. The summed E-state index contributed by atoms with van der Waals surface area (Å²) < 4.78 is 25.3. The number of aryl methyl sites for hydroxylation is 2. The summed E-state index contributed by atoms with van der Waals surface area (Å²) in [4.78, 5) is 13.0. The van der Waals surface area contributed by atoms with Gasteiger partial charge in [-0.2, -0.15) is 5.10 Å². The van der Waals surface area contributed by atoms with Gasteiger partial charge in [0.1, 0.15) is 6.54 Å². The fourth-order valence-electron chi connectivity index (χ4n) is 2.07. The minimum absolute atomic E-state index is 0.328. The monoisotopic (exact) mass is 365 g/mol. The Labute approximate surface area is 145 Å². The summed E-state index contributed by atoms with van der Waals surface area (Å²) in [5.74, 6) is -0.505. The van der Waals surface area contributed by atoms with Crippen molar-refractivity contribution in [2.24, 2.45) is 5.10 Å². The van der Waals surface area contributed by atoms with Crippen LogP contribution in [0.1, 0.15) is 16.0 Å². The molecule has 0 saturated heterocycles. The first-order valence-corrected chi connectivity index (χ1v) is 9.90. The number of sulfonamides is 1. The van der Waals surface area contributed by atoms with Gasteiger partial charge in [-0.3, -0.25) is 9.10 Å². The predicted molar refractivity (Wildman–Crippen MR) is 98.2 cm³/mol. The van der Waals surface area contributed by atoms with Gasteiger partial charge < -0.3 is 0 Å². The van der Waals surface area contributed by atoms with Crippen LogP contribution in [0.25, 0.3) is 0 Å². The molecule has 1 aromatic carbocycles. The Morgan fingerprint density at radius 1 is 1.33 bits per heavy atom. The summed E-state index contributed by atoms with van der Waals surface area (Å²) in [6, 6.07) is 9.21. The highest BCUT2D eigenvalue weighted by Crippen LogP contribution is 2.23. The summed E-state index contributed by atoms with van der Waals surface area (Å²) in [7, 11) is -3.60. The maximum Gasteiger partial charge on any atom is 0.260 e. The van der Waals surface area contributed by atoms with Crippen LogP contribution in [-0.4, -0.2) is 33.3 Å². The minimum atomic E-state index is -3.60. The molecule has 1 aromatic heterocycles. The molecular formula is C16H19N3O3S2. The van der Waals surface area contributed by atoms with Crippen LogP contribution >= 0.6 is 11.3 Å². The lowest BCUT2D eigenvalue weighted by Gasteiger charge is -2.23. The Balaban J connectivity index is 2.15. The second kappa shape index (κ2) is 7.59. The van der Waals surface area contributed by atoms with E-state index in [0.717, 1.165) is 26.6 Å². The van der Waals surface area contributed by atoms with E-state index in [4.69, 9.17) is 0 Å². The van der Waals surface area contributed by atoms with Gasteiger partial charge in [0.2, 0.25) is 10.0 Å². The van der Waals surface area contributed by atoms with Crippen molar-refractivity contribution in [1.29, 1.82) is 0 Å². The van der Waals surface area contributed by atoms with Gasteiger partial charge in [0.05, 0.1) is 18.2 Å². The molecule has 1 N–H and O–H groups in total. The van der Waals surface area contributed by atoms with E-state index in [0.29, 0.717) is 5.69 Å². The van der Waals surface area contributed by atoms with Crippen molar-refractivity contribution < 1.29 is 13.2 Å². The molecule has 0 spiro atoms. The van der Waals surface area contributed by atoms with E-state index in [1.807, 2.05) is 36.6 Å². The number of hydrazone groups is 1. The van der Waals surface area contributed by atoms with E-state index in [1.54, 1.807) is 13.0 Å². The van der Waals surface area contributed by atoms with Crippen molar-refractivity contribution >= 4 is 39.2 Å². The molecule has 1 amide bonds. The Morgan fingerprint density at radius 2 is 2.08 bits per heavy atom. The summed E-state index contributed by atoms with van der Waals surface area (Å²) in [5, 5.41) is 5.74. The highest BCUT2D eigenvalue weighted by atomic mass is 32.2. The molecule has 0 fully saturated rings. The highest BCUT2D eigenvalue weighted by Gasteiger charge is 2.22. The quantitative estimate of drug-likeness (QED) is 0.630. The number of nitrogens with one attached hydrogen (secondary N) is 1. The minimum Gasteiger partial charge on any atom is -0.271 e. The van der Waals surface area contributed by atoms with Crippen molar-refractivity contribution in [3.05, 3.63) is 51.7 Å². The molecule has 0 atom stereocenters. The van der Waals surface area contributed by atoms with E-state index in [1.165, 1.54) is 17.6 Å². The van der Waals surface area contributed by atoms with Crippen LogP contribution in [0, 0.1) is 13.8 Å². The first-order valence-electron chi connectivity index (χ1n) is 7.18. The number of anilines is 1. The molecule has 0 saturated carbocycles. The first kappa shape index (κ1) is 18.2. The molecule has 2 rings (SSSR count). The van der Waals surface area contributed by atoms with E-state index in [-0.39, 0.29) is 6.54 Å². The normalized spacial score (nSPS) is 11.6. The van der Waals surface area contributed by atoms with Gasteiger partial charge in [-0.15, -0.1) is 11.3 Å². The van der Waals surface area contributed by atoms with E-state index < -0.39 is 15.9 Å². The van der Waals surface area contributed by atoms with Gasteiger partial charge in [-0.05, 0) is 42.5 Å². The molecule has 0 aliphatic carbocycles. The number of benzene rings is 1. The number of carbonyl (C=O) groups excluding carboxylic acids is 1. The molecule has 0 aliphatic rings.